The van der Waals surface area contributed by atoms with E-state index in [-0.39, 0.29) is 0 Å². The van der Waals surface area contributed by atoms with Gasteiger partial charge in [0.2, 0.25) is 0 Å². The monoisotopic (exact) mass is 94.1 g/mol. The summed E-state index contributed by atoms with van der Waals surface area (Å²) in [7, 11) is 0. The molecular weight excluding hydrogens is 84.1 g/mol. The van der Waals surface area contributed by atoms with Crippen molar-refractivity contribution < 1.29 is 0 Å². The molecule has 0 aromatic rings. The van der Waals surface area contributed by atoms with Crippen LogP contribution >= 0.6 is 0 Å². The van der Waals surface area contributed by atoms with Gasteiger partial charge in [-0.3, -0.25) is 0 Å². The highest BCUT2D eigenvalue weighted by atomic mass is 14.9. The number of rotatable bonds is 0. The Labute approximate surface area is 43.9 Å². The third-order valence-electron chi connectivity index (χ3n) is 3.77. The Kier molecular flexibility index (Phi) is 0.231. The van der Waals surface area contributed by atoms with Crippen LogP contribution < -0.4 is 0 Å². The molecule has 0 N–H and O–H groups in total. The predicted molar refractivity (Wildman–Crippen MR) is 27.8 cm³/mol. The van der Waals surface area contributed by atoms with Gasteiger partial charge < -0.3 is 0 Å². The van der Waals surface area contributed by atoms with Crippen LogP contribution in [0.15, 0.2) is 0 Å². The molecule has 0 nitrogen and oxygen atoms in total. The van der Waals surface area contributed by atoms with E-state index >= 15 is 0 Å². The van der Waals surface area contributed by atoms with Gasteiger partial charge in [0.05, 0.1) is 0 Å². The summed E-state index contributed by atoms with van der Waals surface area (Å²) in [6.45, 7) is 2.43. The molecule has 0 heteroatoms. The summed E-state index contributed by atoms with van der Waals surface area (Å²) in [6, 6.07) is 0. The molecule has 3 rings (SSSR count). The van der Waals surface area contributed by atoms with Crippen molar-refractivity contribution in [3.63, 3.8) is 0 Å². The molecule has 0 aromatic carbocycles. The second kappa shape index (κ2) is 0.519. The van der Waals surface area contributed by atoms with E-state index in [9.17, 15) is 0 Å². The number of hydrogen-bond donors (Lipinski definition) is 0. The van der Waals surface area contributed by atoms with Crippen molar-refractivity contribution >= 4 is 0 Å². The highest BCUT2D eigenvalue weighted by Crippen LogP contribution is 2.90. The summed E-state index contributed by atoms with van der Waals surface area (Å²) in [5.74, 6) is 3.60. The Hall–Kier alpha value is 0. The minimum atomic E-state index is 1.01. The molecule has 3 fully saturated rings. The van der Waals surface area contributed by atoms with Gasteiger partial charge in [-0.25, -0.2) is 0 Å². The summed E-state index contributed by atoms with van der Waals surface area (Å²) in [6.07, 6.45) is 3.21. The van der Waals surface area contributed by atoms with E-state index in [1.807, 2.05) is 0 Å². The van der Waals surface area contributed by atoms with Gasteiger partial charge in [-0.2, -0.15) is 0 Å². The molecule has 3 aliphatic rings. The van der Waals surface area contributed by atoms with Gasteiger partial charge in [-0.1, -0.05) is 6.92 Å². The Morgan fingerprint density at radius 3 is 2.43 bits per heavy atom. The first kappa shape index (κ1) is 3.11. The van der Waals surface area contributed by atoms with Crippen molar-refractivity contribution in [3.05, 3.63) is 0 Å². The summed E-state index contributed by atoms with van der Waals surface area (Å²) in [4.78, 5) is 0. The van der Waals surface area contributed by atoms with E-state index in [0.717, 1.165) is 11.3 Å². The summed E-state index contributed by atoms with van der Waals surface area (Å²) in [5, 5.41) is 0. The first-order valence-electron chi connectivity index (χ1n) is 3.36. The maximum atomic E-state index is 2.43. The minimum Gasteiger partial charge on any atom is -0.0617 e. The van der Waals surface area contributed by atoms with E-state index in [1.165, 1.54) is 11.8 Å². The first-order chi connectivity index (χ1) is 3.36. The van der Waals surface area contributed by atoms with Gasteiger partial charge in [-0.05, 0) is 36.0 Å². The molecule has 0 bridgehead atoms. The predicted octanol–water partition coefficient (Wildman–Crippen LogP) is 1.66. The van der Waals surface area contributed by atoms with E-state index in [0.29, 0.717) is 0 Å². The van der Waals surface area contributed by atoms with Gasteiger partial charge in [0.1, 0.15) is 0 Å². The fourth-order valence-corrected chi connectivity index (χ4v) is 3.01. The van der Waals surface area contributed by atoms with Crippen LogP contribution in [0.3, 0.4) is 0 Å². The standard InChI is InChI=1S/C7H10/c1-4-6-2-5-3-7(4,5)6/h4-6H,2-3H2,1H3. The van der Waals surface area contributed by atoms with Gasteiger partial charge in [-0.15, -0.1) is 0 Å². The molecule has 38 valence electrons. The quantitative estimate of drug-likeness (QED) is 0.428. The molecular formula is C7H10. The second-order valence-corrected chi connectivity index (χ2v) is 3.64. The molecule has 0 aliphatic heterocycles. The molecule has 3 aliphatic carbocycles. The number of hydrogen-bond acceptors (Lipinski definition) is 0. The fourth-order valence-electron chi connectivity index (χ4n) is 3.01. The average Bonchev–Trinajstić information content (AvgIpc) is 2.26. The van der Waals surface area contributed by atoms with Crippen molar-refractivity contribution in [2.24, 2.45) is 23.2 Å². The maximum Gasteiger partial charge on any atom is -0.0206 e. The van der Waals surface area contributed by atoms with Crippen LogP contribution in [0, 0.1) is 23.2 Å². The van der Waals surface area contributed by atoms with Crippen LogP contribution in [0.4, 0.5) is 0 Å². The Balaban J connectivity index is 2.13. The van der Waals surface area contributed by atoms with Crippen LogP contribution in [0.25, 0.3) is 0 Å². The Morgan fingerprint density at radius 2 is 2.43 bits per heavy atom. The normalized spacial score (nSPS) is 81.0. The third kappa shape index (κ3) is 0.132. The molecule has 0 saturated heterocycles. The lowest BCUT2D eigenvalue weighted by Crippen LogP contribution is -1.96. The van der Waals surface area contributed by atoms with Crippen LogP contribution in [0.1, 0.15) is 19.8 Å². The lowest BCUT2D eigenvalue weighted by molar-refractivity contribution is 0.451. The Bertz CT molecular complexity index is 131. The second-order valence-electron chi connectivity index (χ2n) is 3.64. The smallest absolute Gasteiger partial charge is 0.0206 e. The van der Waals surface area contributed by atoms with Crippen LogP contribution in [0.2, 0.25) is 0 Å². The zero-order valence-electron chi connectivity index (χ0n) is 4.65. The SMILES string of the molecule is CC1C2CC3CC312. The van der Waals surface area contributed by atoms with Crippen LogP contribution in [0.5, 0.6) is 0 Å². The Morgan fingerprint density at radius 1 is 1.57 bits per heavy atom. The van der Waals surface area contributed by atoms with E-state index in [4.69, 9.17) is 0 Å². The first-order valence-corrected chi connectivity index (χ1v) is 3.36. The van der Waals surface area contributed by atoms with Gasteiger partial charge in [0.25, 0.3) is 0 Å². The summed E-state index contributed by atoms with van der Waals surface area (Å²) < 4.78 is 0. The molecule has 0 radical (unpaired) electrons. The topological polar surface area (TPSA) is 0 Å². The van der Waals surface area contributed by atoms with Crippen molar-refractivity contribution in [1.82, 2.24) is 0 Å². The molecule has 7 heavy (non-hydrogen) atoms. The molecule has 0 amide bonds. The maximum absolute atomic E-state index is 2.43. The van der Waals surface area contributed by atoms with E-state index in [2.05, 4.69) is 6.92 Å². The van der Waals surface area contributed by atoms with Crippen LogP contribution in [-0.2, 0) is 0 Å². The van der Waals surface area contributed by atoms with Gasteiger partial charge in [0, 0.05) is 0 Å². The van der Waals surface area contributed by atoms with Crippen molar-refractivity contribution in [2.75, 3.05) is 0 Å². The van der Waals surface area contributed by atoms with Crippen molar-refractivity contribution in [1.29, 1.82) is 0 Å². The lowest BCUT2D eigenvalue weighted by Gasteiger charge is -2.03. The van der Waals surface area contributed by atoms with Crippen molar-refractivity contribution in [3.8, 4) is 0 Å². The molecule has 0 heterocycles. The highest BCUT2D eigenvalue weighted by molar-refractivity contribution is 5.31. The van der Waals surface area contributed by atoms with E-state index < -0.39 is 0 Å². The summed E-state index contributed by atoms with van der Waals surface area (Å²) >= 11 is 0. The lowest BCUT2D eigenvalue weighted by atomic mass is 10.0. The largest absolute Gasteiger partial charge is 0.0617 e. The highest BCUT2D eigenvalue weighted by Gasteiger charge is 2.83. The zero-order chi connectivity index (χ0) is 4.65. The minimum absolute atomic E-state index is 1.01. The van der Waals surface area contributed by atoms with Gasteiger partial charge in [0.15, 0.2) is 0 Å². The molecule has 1 spiro atoms. The van der Waals surface area contributed by atoms with Crippen molar-refractivity contribution in [2.45, 2.75) is 19.8 Å². The summed E-state index contributed by atoms with van der Waals surface area (Å²) in [5.41, 5.74) is 1.01. The third-order valence-corrected chi connectivity index (χ3v) is 3.77. The average molecular weight is 94.2 g/mol. The van der Waals surface area contributed by atoms with E-state index in [1.54, 1.807) is 12.8 Å². The molecule has 0 aromatic heterocycles. The van der Waals surface area contributed by atoms with Gasteiger partial charge >= 0.3 is 0 Å². The zero-order valence-corrected chi connectivity index (χ0v) is 4.65. The molecule has 3 saturated carbocycles. The van der Waals surface area contributed by atoms with Crippen LogP contribution in [-0.4, -0.2) is 0 Å². The molecule has 4 atom stereocenters. The fraction of sp³-hybridized carbons (Fsp3) is 1.00. The molecule has 4 unspecified atom stereocenters.